The van der Waals surface area contributed by atoms with Gasteiger partial charge in [0.25, 0.3) is 5.91 Å². The number of carbonyl (C=O) groups excluding carboxylic acids is 2. The molecule has 0 bridgehead atoms. The Labute approximate surface area is 169 Å². The van der Waals surface area contributed by atoms with Gasteiger partial charge in [0.2, 0.25) is 5.91 Å². The summed E-state index contributed by atoms with van der Waals surface area (Å²) in [6.45, 7) is 3.60. The minimum atomic E-state index is -0.485. The van der Waals surface area contributed by atoms with Crippen molar-refractivity contribution in [2.75, 3.05) is 28.3 Å². The van der Waals surface area contributed by atoms with E-state index >= 15 is 0 Å². The van der Waals surface area contributed by atoms with Crippen LogP contribution in [-0.2, 0) is 9.59 Å². The van der Waals surface area contributed by atoms with Gasteiger partial charge in [0.05, 0.1) is 11.4 Å². The monoisotopic (exact) mass is 394 g/mol. The summed E-state index contributed by atoms with van der Waals surface area (Å²) in [5, 5.41) is 8.24. The van der Waals surface area contributed by atoms with Gasteiger partial charge in [0.15, 0.2) is 0 Å². The summed E-state index contributed by atoms with van der Waals surface area (Å²) >= 11 is 0. The van der Waals surface area contributed by atoms with E-state index in [1.165, 1.54) is 11.1 Å². The van der Waals surface area contributed by atoms with E-state index in [1.54, 1.807) is 12.1 Å². The molecule has 1 N–H and O–H groups in total. The number of amides is 2. The van der Waals surface area contributed by atoms with Crippen LogP contribution in [0.5, 0.6) is 0 Å². The molecule has 0 spiro atoms. The molecule has 150 valence electrons. The molecule has 0 atom stereocenters. The maximum atomic E-state index is 14.5. The van der Waals surface area contributed by atoms with Crippen molar-refractivity contribution in [1.29, 1.82) is 0 Å². The molecule has 2 amide bonds. The first kappa shape index (κ1) is 19.1. The Morgan fingerprint density at radius 3 is 2.62 bits per heavy atom. The van der Waals surface area contributed by atoms with Crippen LogP contribution >= 0.6 is 0 Å². The molecule has 2 aliphatic rings. The summed E-state index contributed by atoms with van der Waals surface area (Å²) in [4.78, 5) is 27.3. The summed E-state index contributed by atoms with van der Waals surface area (Å²) in [6, 6.07) is 12.2. The van der Waals surface area contributed by atoms with Crippen molar-refractivity contribution in [1.82, 2.24) is 0 Å². The molecule has 0 unspecified atom stereocenters. The van der Waals surface area contributed by atoms with Crippen molar-refractivity contribution in [2.24, 2.45) is 5.10 Å². The van der Waals surface area contributed by atoms with E-state index in [9.17, 15) is 14.0 Å². The molecule has 0 aromatic heterocycles. The second-order valence-corrected chi connectivity index (χ2v) is 7.37. The number of anilines is 3. The van der Waals surface area contributed by atoms with Crippen LogP contribution in [0.25, 0.3) is 0 Å². The Balaban J connectivity index is 1.60. The third kappa shape index (κ3) is 3.99. The average molecular weight is 394 g/mol. The molecule has 0 saturated carbocycles. The van der Waals surface area contributed by atoms with Gasteiger partial charge >= 0.3 is 0 Å². The van der Waals surface area contributed by atoms with E-state index in [1.807, 2.05) is 31.2 Å². The quantitative estimate of drug-likeness (QED) is 0.857. The molecule has 2 aromatic rings. The lowest BCUT2D eigenvalue weighted by atomic mass is 10.1. The SMILES string of the molecule is Cc1cccc(N2N=C(C(=O)Nc3c(F)cccc3N3CCCC3)CCC2=O)c1. The normalized spacial score (nSPS) is 16.8. The number of nitrogens with one attached hydrogen (secondary N) is 1. The largest absolute Gasteiger partial charge is 0.370 e. The van der Waals surface area contributed by atoms with Gasteiger partial charge in [-0.05, 0) is 49.6 Å². The third-order valence-corrected chi connectivity index (χ3v) is 5.22. The van der Waals surface area contributed by atoms with Crippen molar-refractivity contribution in [3.8, 4) is 0 Å². The third-order valence-electron chi connectivity index (χ3n) is 5.22. The number of benzene rings is 2. The fourth-order valence-corrected chi connectivity index (χ4v) is 3.72. The van der Waals surface area contributed by atoms with Crippen molar-refractivity contribution in [3.63, 3.8) is 0 Å². The van der Waals surface area contributed by atoms with E-state index in [0.29, 0.717) is 11.4 Å². The number of para-hydroxylation sites is 1. The van der Waals surface area contributed by atoms with Crippen molar-refractivity contribution in [2.45, 2.75) is 32.6 Å². The molecule has 2 aromatic carbocycles. The van der Waals surface area contributed by atoms with Gasteiger partial charge in [-0.1, -0.05) is 18.2 Å². The highest BCUT2D eigenvalue weighted by molar-refractivity contribution is 6.44. The topological polar surface area (TPSA) is 65.0 Å². The molecule has 4 rings (SSSR count). The molecular formula is C22H23FN4O2. The Bertz CT molecular complexity index is 983. The molecular weight excluding hydrogens is 371 g/mol. The Morgan fingerprint density at radius 2 is 1.86 bits per heavy atom. The van der Waals surface area contributed by atoms with Crippen LogP contribution in [0.15, 0.2) is 47.6 Å². The number of hydrogen-bond acceptors (Lipinski definition) is 4. The zero-order valence-corrected chi connectivity index (χ0v) is 16.3. The number of halogens is 1. The Hall–Kier alpha value is -3.22. The average Bonchev–Trinajstić information content (AvgIpc) is 3.24. The van der Waals surface area contributed by atoms with Gasteiger partial charge in [-0.3, -0.25) is 9.59 Å². The Kier molecular flexibility index (Phi) is 5.29. The first-order chi connectivity index (χ1) is 14.0. The van der Waals surface area contributed by atoms with E-state index in [0.717, 1.165) is 31.5 Å². The zero-order chi connectivity index (χ0) is 20.4. The van der Waals surface area contributed by atoms with Gasteiger partial charge in [-0.2, -0.15) is 5.10 Å². The van der Waals surface area contributed by atoms with Crippen LogP contribution in [0.4, 0.5) is 21.5 Å². The highest BCUT2D eigenvalue weighted by Gasteiger charge is 2.27. The van der Waals surface area contributed by atoms with Crippen LogP contribution < -0.4 is 15.2 Å². The van der Waals surface area contributed by atoms with Gasteiger partial charge in [0, 0.05) is 25.9 Å². The summed E-state index contributed by atoms with van der Waals surface area (Å²) < 4.78 is 14.5. The lowest BCUT2D eigenvalue weighted by molar-refractivity contribution is -0.118. The molecule has 0 radical (unpaired) electrons. The summed E-state index contributed by atoms with van der Waals surface area (Å²) in [5.41, 5.74) is 2.66. The lowest BCUT2D eigenvalue weighted by Crippen LogP contribution is -2.36. The van der Waals surface area contributed by atoms with Crippen molar-refractivity contribution < 1.29 is 14.0 Å². The van der Waals surface area contributed by atoms with E-state index in [-0.39, 0.29) is 30.1 Å². The predicted octanol–water partition coefficient (Wildman–Crippen LogP) is 3.86. The number of nitrogens with zero attached hydrogens (tertiary/aromatic N) is 3. The standard InChI is InChI=1S/C22H23FN4O2/c1-15-6-4-7-16(14-15)27-20(28)11-10-18(25-27)22(29)24-21-17(23)8-5-9-19(21)26-12-2-3-13-26/h4-9,14H,2-3,10-13H2,1H3,(H,24,29). The van der Waals surface area contributed by atoms with Gasteiger partial charge in [-0.25, -0.2) is 9.40 Å². The van der Waals surface area contributed by atoms with E-state index in [4.69, 9.17) is 0 Å². The summed E-state index contributed by atoms with van der Waals surface area (Å²) in [6.07, 6.45) is 2.49. The Morgan fingerprint density at radius 1 is 1.10 bits per heavy atom. The van der Waals surface area contributed by atoms with Crippen molar-refractivity contribution in [3.05, 3.63) is 53.8 Å². The number of aryl methyl sites for hydroxylation is 1. The second-order valence-electron chi connectivity index (χ2n) is 7.37. The number of hydrogen-bond donors (Lipinski definition) is 1. The molecule has 2 heterocycles. The highest BCUT2D eigenvalue weighted by atomic mass is 19.1. The van der Waals surface area contributed by atoms with Crippen LogP contribution in [0.1, 0.15) is 31.2 Å². The van der Waals surface area contributed by atoms with E-state index in [2.05, 4.69) is 15.3 Å². The smallest absolute Gasteiger partial charge is 0.272 e. The minimum absolute atomic E-state index is 0.168. The van der Waals surface area contributed by atoms with Crippen LogP contribution in [0, 0.1) is 12.7 Å². The molecule has 29 heavy (non-hydrogen) atoms. The lowest BCUT2D eigenvalue weighted by Gasteiger charge is -2.25. The van der Waals surface area contributed by atoms with Crippen LogP contribution in [0.3, 0.4) is 0 Å². The fourth-order valence-electron chi connectivity index (χ4n) is 3.72. The molecule has 1 fully saturated rings. The first-order valence-corrected chi connectivity index (χ1v) is 9.85. The number of carbonyl (C=O) groups is 2. The van der Waals surface area contributed by atoms with Gasteiger partial charge < -0.3 is 10.2 Å². The first-order valence-electron chi connectivity index (χ1n) is 9.85. The summed E-state index contributed by atoms with van der Waals surface area (Å²) in [5.74, 6) is -1.14. The van der Waals surface area contributed by atoms with Crippen molar-refractivity contribution >= 4 is 34.6 Å². The highest BCUT2D eigenvalue weighted by Crippen LogP contribution is 2.31. The minimum Gasteiger partial charge on any atom is -0.370 e. The predicted molar refractivity (Wildman–Crippen MR) is 112 cm³/mol. The zero-order valence-electron chi connectivity index (χ0n) is 16.3. The second kappa shape index (κ2) is 8.03. The number of rotatable bonds is 4. The van der Waals surface area contributed by atoms with Crippen LogP contribution in [-0.4, -0.2) is 30.6 Å². The van der Waals surface area contributed by atoms with Crippen LogP contribution in [0.2, 0.25) is 0 Å². The molecule has 6 nitrogen and oxygen atoms in total. The molecule has 1 saturated heterocycles. The molecule has 7 heteroatoms. The van der Waals surface area contributed by atoms with E-state index < -0.39 is 11.7 Å². The van der Waals surface area contributed by atoms with Gasteiger partial charge in [-0.15, -0.1) is 0 Å². The van der Waals surface area contributed by atoms with Gasteiger partial charge in [0.1, 0.15) is 17.2 Å². The maximum Gasteiger partial charge on any atom is 0.272 e. The molecule has 0 aliphatic carbocycles. The maximum absolute atomic E-state index is 14.5. The number of hydrazone groups is 1. The molecule has 2 aliphatic heterocycles. The summed E-state index contributed by atoms with van der Waals surface area (Å²) in [7, 11) is 0. The fraction of sp³-hybridized carbons (Fsp3) is 0.318.